The van der Waals surface area contributed by atoms with Crippen LogP contribution in [-0.2, 0) is 11.8 Å². The van der Waals surface area contributed by atoms with Crippen molar-refractivity contribution in [3.8, 4) is 5.75 Å². The van der Waals surface area contributed by atoms with Crippen molar-refractivity contribution in [3.63, 3.8) is 0 Å². The number of likely N-dealkylation sites (tertiary alicyclic amines) is 1. The Labute approximate surface area is 121 Å². The van der Waals surface area contributed by atoms with E-state index in [-0.39, 0.29) is 0 Å². The Morgan fingerprint density at radius 1 is 1.25 bits per heavy atom. The molecule has 2 heteroatoms. The van der Waals surface area contributed by atoms with E-state index >= 15 is 0 Å². The maximum Gasteiger partial charge on any atom is 0.118 e. The first kappa shape index (κ1) is 12.7. The maximum atomic E-state index is 10.2. The van der Waals surface area contributed by atoms with Crippen LogP contribution < -0.4 is 0 Å². The van der Waals surface area contributed by atoms with Crippen LogP contribution in [0.5, 0.6) is 5.75 Å². The van der Waals surface area contributed by atoms with E-state index < -0.39 is 0 Å². The summed E-state index contributed by atoms with van der Waals surface area (Å²) in [6, 6.07) is 5.09. The Hall–Kier alpha value is -1.02. The van der Waals surface area contributed by atoms with Crippen LogP contribution in [0.15, 0.2) is 12.1 Å². The van der Waals surface area contributed by atoms with Crippen molar-refractivity contribution in [1.29, 1.82) is 0 Å². The molecule has 2 nitrogen and oxygen atoms in total. The first-order chi connectivity index (χ1) is 9.62. The van der Waals surface area contributed by atoms with E-state index in [1.807, 2.05) is 6.92 Å². The Morgan fingerprint density at radius 2 is 2.10 bits per heavy atom. The number of hydrogen-bond acceptors (Lipinski definition) is 2. The molecular weight excluding hydrogens is 246 g/mol. The lowest BCUT2D eigenvalue weighted by atomic mass is 9.52. The Bertz CT molecular complexity index is 553. The number of aryl methyl sites for hydroxylation is 1. The fraction of sp³-hybridized carbons (Fsp3) is 0.667. The summed E-state index contributed by atoms with van der Waals surface area (Å²) >= 11 is 0. The third kappa shape index (κ3) is 1.54. The quantitative estimate of drug-likeness (QED) is 0.782. The molecule has 1 heterocycles. The van der Waals surface area contributed by atoms with E-state index in [1.54, 1.807) is 0 Å². The number of piperidine rings is 1. The molecule has 0 amide bonds. The first-order valence-corrected chi connectivity index (χ1v) is 8.15. The highest BCUT2D eigenvalue weighted by atomic mass is 16.3. The Balaban J connectivity index is 1.92. The van der Waals surface area contributed by atoms with Crippen LogP contribution in [-0.4, -0.2) is 29.6 Å². The second kappa shape index (κ2) is 4.24. The van der Waals surface area contributed by atoms with Crippen LogP contribution >= 0.6 is 0 Å². The third-order valence-corrected chi connectivity index (χ3v) is 6.43. The van der Waals surface area contributed by atoms with Gasteiger partial charge in [0.05, 0.1) is 0 Å². The van der Waals surface area contributed by atoms with Gasteiger partial charge < -0.3 is 10.0 Å². The number of benzene rings is 1. The minimum Gasteiger partial charge on any atom is -0.508 e. The predicted molar refractivity (Wildman–Crippen MR) is 81.2 cm³/mol. The average molecular weight is 271 g/mol. The molecule has 3 atom stereocenters. The van der Waals surface area contributed by atoms with Crippen LogP contribution in [0.3, 0.4) is 0 Å². The number of fused-ring (bicyclic) bond motifs is 1. The fourth-order valence-electron chi connectivity index (χ4n) is 5.37. The van der Waals surface area contributed by atoms with Gasteiger partial charge in [0.2, 0.25) is 0 Å². The van der Waals surface area contributed by atoms with E-state index in [9.17, 15) is 5.11 Å². The molecule has 2 fully saturated rings. The van der Waals surface area contributed by atoms with Gasteiger partial charge in [0.1, 0.15) is 5.75 Å². The lowest BCUT2D eigenvalue weighted by molar-refractivity contribution is 0.00271. The first-order valence-electron chi connectivity index (χ1n) is 8.15. The molecule has 2 bridgehead atoms. The molecule has 1 aromatic rings. The van der Waals surface area contributed by atoms with E-state index in [4.69, 9.17) is 0 Å². The second-order valence-corrected chi connectivity index (χ2v) is 7.31. The number of rotatable bonds is 0. The van der Waals surface area contributed by atoms with Gasteiger partial charge in [0, 0.05) is 11.5 Å². The number of aromatic hydroxyl groups is 1. The van der Waals surface area contributed by atoms with Crippen molar-refractivity contribution >= 4 is 0 Å². The summed E-state index contributed by atoms with van der Waals surface area (Å²) in [5.74, 6) is 1.31. The van der Waals surface area contributed by atoms with Gasteiger partial charge in [-0.1, -0.05) is 18.9 Å². The molecule has 3 aliphatic rings. The molecule has 1 N–H and O–H groups in total. The smallest absolute Gasteiger partial charge is 0.118 e. The Kier molecular flexibility index (Phi) is 2.69. The molecule has 1 aliphatic heterocycles. The largest absolute Gasteiger partial charge is 0.508 e. The van der Waals surface area contributed by atoms with E-state index in [1.165, 1.54) is 56.2 Å². The number of nitrogens with zero attached hydrogens (tertiary/aromatic N) is 1. The summed E-state index contributed by atoms with van der Waals surface area (Å²) in [6.45, 7) is 3.25. The molecule has 108 valence electrons. The SMILES string of the molecule is Cc1cc2c(cc1O)[C@@]13CCCC[C@H]1[C@@H](C2)N(C)CC3. The molecule has 4 rings (SSSR count). The van der Waals surface area contributed by atoms with E-state index in [2.05, 4.69) is 24.1 Å². The van der Waals surface area contributed by atoms with Crippen molar-refractivity contribution < 1.29 is 5.11 Å². The predicted octanol–water partition coefficient (Wildman–Crippen LogP) is 3.39. The van der Waals surface area contributed by atoms with Crippen molar-refractivity contribution in [3.05, 3.63) is 28.8 Å². The number of phenolic OH excluding ortho intramolecular Hbond substituents is 1. The monoisotopic (exact) mass is 271 g/mol. The Morgan fingerprint density at radius 3 is 2.95 bits per heavy atom. The summed E-state index contributed by atoms with van der Waals surface area (Å²) < 4.78 is 0. The van der Waals surface area contributed by atoms with Gasteiger partial charge in [-0.3, -0.25) is 0 Å². The highest BCUT2D eigenvalue weighted by Gasteiger charge is 2.53. The molecule has 1 saturated carbocycles. The fourth-order valence-corrected chi connectivity index (χ4v) is 5.37. The molecule has 20 heavy (non-hydrogen) atoms. The summed E-state index contributed by atoms with van der Waals surface area (Å²) in [6.07, 6.45) is 7.92. The molecule has 0 unspecified atom stereocenters. The van der Waals surface area contributed by atoms with Gasteiger partial charge in [-0.2, -0.15) is 0 Å². The zero-order chi connectivity index (χ0) is 13.9. The summed E-state index contributed by atoms with van der Waals surface area (Å²) in [5, 5.41) is 10.2. The number of likely N-dealkylation sites (N-methyl/N-ethyl adjacent to an activating group) is 1. The standard InChI is InChI=1S/C18H25NO/c1-12-9-13-10-16-14-5-3-4-6-18(14,7-8-19(16)2)15(13)11-17(12)20/h9,11,14,16,20H,3-8,10H2,1-2H3/t14-,16+,18+/m0/s1. The van der Waals surface area contributed by atoms with E-state index in [0.29, 0.717) is 11.2 Å². The maximum absolute atomic E-state index is 10.2. The number of phenols is 1. The van der Waals surface area contributed by atoms with Gasteiger partial charge in [0.25, 0.3) is 0 Å². The molecule has 0 aromatic heterocycles. The molecule has 0 radical (unpaired) electrons. The second-order valence-electron chi connectivity index (χ2n) is 7.31. The van der Waals surface area contributed by atoms with Crippen LogP contribution in [0, 0.1) is 12.8 Å². The van der Waals surface area contributed by atoms with Crippen molar-refractivity contribution in [1.82, 2.24) is 4.90 Å². The van der Waals surface area contributed by atoms with Crippen LogP contribution in [0.1, 0.15) is 48.8 Å². The minimum atomic E-state index is 0.369. The lowest BCUT2D eigenvalue weighted by Crippen LogP contribution is -2.59. The summed E-state index contributed by atoms with van der Waals surface area (Å²) in [7, 11) is 2.31. The zero-order valence-electron chi connectivity index (χ0n) is 12.7. The van der Waals surface area contributed by atoms with E-state index in [0.717, 1.165) is 17.5 Å². The number of hydrogen-bond donors (Lipinski definition) is 1. The minimum absolute atomic E-state index is 0.369. The van der Waals surface area contributed by atoms with Crippen molar-refractivity contribution in [2.24, 2.45) is 5.92 Å². The summed E-state index contributed by atoms with van der Waals surface area (Å²) in [4.78, 5) is 2.60. The average Bonchev–Trinajstić information content (AvgIpc) is 2.45. The topological polar surface area (TPSA) is 23.5 Å². The summed E-state index contributed by atoms with van der Waals surface area (Å²) in [5.41, 5.74) is 4.41. The highest BCUT2D eigenvalue weighted by Crippen LogP contribution is 2.56. The zero-order valence-corrected chi connectivity index (χ0v) is 12.7. The van der Waals surface area contributed by atoms with Gasteiger partial charge in [0.15, 0.2) is 0 Å². The van der Waals surface area contributed by atoms with Gasteiger partial charge in [-0.15, -0.1) is 0 Å². The molecule has 2 aliphatic carbocycles. The molecule has 0 spiro atoms. The van der Waals surface area contributed by atoms with Gasteiger partial charge in [-0.25, -0.2) is 0 Å². The molecular formula is C18H25NO. The van der Waals surface area contributed by atoms with Crippen LogP contribution in [0.4, 0.5) is 0 Å². The van der Waals surface area contributed by atoms with Crippen molar-refractivity contribution in [2.45, 2.75) is 56.9 Å². The molecule has 1 aromatic carbocycles. The molecule has 1 saturated heterocycles. The van der Waals surface area contributed by atoms with Gasteiger partial charge in [-0.05, 0) is 74.9 Å². The van der Waals surface area contributed by atoms with Crippen LogP contribution in [0.25, 0.3) is 0 Å². The normalized spacial score (nSPS) is 36.3. The lowest BCUT2D eigenvalue weighted by Gasteiger charge is -2.58. The third-order valence-electron chi connectivity index (χ3n) is 6.43. The highest BCUT2D eigenvalue weighted by molar-refractivity contribution is 5.48. The van der Waals surface area contributed by atoms with Gasteiger partial charge >= 0.3 is 0 Å². The van der Waals surface area contributed by atoms with Crippen molar-refractivity contribution in [2.75, 3.05) is 13.6 Å². The van der Waals surface area contributed by atoms with Crippen LogP contribution in [0.2, 0.25) is 0 Å².